The molecule has 2 nitrogen and oxygen atoms in total. The van der Waals surface area contributed by atoms with Crippen LogP contribution in [0.5, 0.6) is 0 Å². The van der Waals surface area contributed by atoms with E-state index in [-0.39, 0.29) is 5.69 Å². The van der Waals surface area contributed by atoms with Gasteiger partial charge in [-0.05, 0) is 19.1 Å². The van der Waals surface area contributed by atoms with Gasteiger partial charge < -0.3 is 5.11 Å². The van der Waals surface area contributed by atoms with Gasteiger partial charge in [0.05, 0.1) is 11.8 Å². The highest BCUT2D eigenvalue weighted by atomic mass is 19.3. The van der Waals surface area contributed by atoms with Gasteiger partial charge in [-0.1, -0.05) is 0 Å². The molecule has 0 saturated heterocycles. The van der Waals surface area contributed by atoms with Crippen LogP contribution in [-0.4, -0.2) is 9.67 Å². The number of nitrogens with zero attached hydrogens (tertiary/aromatic N) is 1. The molecule has 0 saturated carbocycles. The molecule has 0 bridgehead atoms. The molecule has 0 aliphatic carbocycles. The van der Waals surface area contributed by atoms with Gasteiger partial charge >= 0.3 is 6.55 Å². The predicted octanol–water partition coefficient (Wildman–Crippen LogP) is 1.94. The zero-order valence-corrected chi connectivity index (χ0v) is 6.04. The lowest BCUT2D eigenvalue weighted by Crippen LogP contribution is -2.04. The predicted molar refractivity (Wildman–Crippen MR) is 36.3 cm³/mol. The summed E-state index contributed by atoms with van der Waals surface area (Å²) in [6.45, 7) is -1.12. The SMILES string of the molecule is CC(O)c1cccn1C(F)F. The number of aliphatic hydroxyl groups is 1. The van der Waals surface area contributed by atoms with Crippen LogP contribution in [0, 0.1) is 0 Å². The number of aliphatic hydroxyl groups excluding tert-OH is 1. The lowest BCUT2D eigenvalue weighted by Gasteiger charge is -2.09. The zero-order chi connectivity index (χ0) is 8.43. The number of aromatic nitrogens is 1. The second kappa shape index (κ2) is 3.00. The summed E-state index contributed by atoms with van der Waals surface area (Å²) in [5.74, 6) is 0. The quantitative estimate of drug-likeness (QED) is 0.704. The Morgan fingerprint density at radius 3 is 2.55 bits per heavy atom. The van der Waals surface area contributed by atoms with Crippen molar-refractivity contribution in [1.29, 1.82) is 0 Å². The van der Waals surface area contributed by atoms with Crippen molar-refractivity contribution in [3.63, 3.8) is 0 Å². The summed E-state index contributed by atoms with van der Waals surface area (Å²) in [4.78, 5) is 0. The molecule has 0 fully saturated rings. The Hall–Kier alpha value is -0.900. The molecule has 0 radical (unpaired) electrons. The minimum Gasteiger partial charge on any atom is -0.387 e. The van der Waals surface area contributed by atoms with Crippen LogP contribution in [0.25, 0.3) is 0 Å². The fourth-order valence-corrected chi connectivity index (χ4v) is 0.939. The summed E-state index contributed by atoms with van der Waals surface area (Å²) in [7, 11) is 0. The van der Waals surface area contributed by atoms with Gasteiger partial charge in [-0.15, -0.1) is 0 Å². The van der Waals surface area contributed by atoms with E-state index in [1.807, 2.05) is 0 Å². The summed E-state index contributed by atoms with van der Waals surface area (Å²) >= 11 is 0. The number of hydrogen-bond donors (Lipinski definition) is 1. The molecule has 11 heavy (non-hydrogen) atoms. The van der Waals surface area contributed by atoms with Gasteiger partial charge in [0, 0.05) is 6.20 Å². The fourth-order valence-electron chi connectivity index (χ4n) is 0.939. The molecular formula is C7H9F2NO. The molecule has 0 spiro atoms. The Balaban J connectivity index is 2.96. The highest BCUT2D eigenvalue weighted by molar-refractivity contribution is 5.09. The van der Waals surface area contributed by atoms with E-state index in [4.69, 9.17) is 5.11 Å². The highest BCUT2D eigenvalue weighted by Gasteiger charge is 2.12. The third kappa shape index (κ3) is 1.57. The summed E-state index contributed by atoms with van der Waals surface area (Å²) in [5, 5.41) is 8.99. The van der Waals surface area contributed by atoms with Gasteiger partial charge in [0.1, 0.15) is 0 Å². The Kier molecular flexibility index (Phi) is 2.24. The van der Waals surface area contributed by atoms with Crippen LogP contribution in [0.1, 0.15) is 25.3 Å². The minimum atomic E-state index is -2.57. The number of alkyl halides is 2. The maximum Gasteiger partial charge on any atom is 0.318 e. The Labute approximate surface area is 63.1 Å². The van der Waals surface area contributed by atoms with E-state index in [1.54, 1.807) is 0 Å². The van der Waals surface area contributed by atoms with Crippen LogP contribution >= 0.6 is 0 Å². The van der Waals surface area contributed by atoms with Crippen molar-refractivity contribution in [2.45, 2.75) is 19.6 Å². The second-order valence-corrected chi connectivity index (χ2v) is 2.29. The van der Waals surface area contributed by atoms with Crippen molar-refractivity contribution >= 4 is 0 Å². The molecule has 1 atom stereocenters. The van der Waals surface area contributed by atoms with Crippen molar-refractivity contribution in [1.82, 2.24) is 4.57 Å². The molecule has 1 N–H and O–H groups in total. The lowest BCUT2D eigenvalue weighted by molar-refractivity contribution is 0.0579. The van der Waals surface area contributed by atoms with Gasteiger partial charge in [0.25, 0.3) is 0 Å². The molecule has 1 aromatic rings. The largest absolute Gasteiger partial charge is 0.387 e. The van der Waals surface area contributed by atoms with Gasteiger partial charge in [-0.3, -0.25) is 4.57 Å². The number of rotatable bonds is 2. The third-order valence-corrected chi connectivity index (χ3v) is 1.45. The van der Waals surface area contributed by atoms with E-state index < -0.39 is 12.7 Å². The van der Waals surface area contributed by atoms with Crippen molar-refractivity contribution in [3.8, 4) is 0 Å². The van der Waals surface area contributed by atoms with Gasteiger partial charge in [0.2, 0.25) is 0 Å². The van der Waals surface area contributed by atoms with Crippen molar-refractivity contribution in [3.05, 3.63) is 24.0 Å². The Morgan fingerprint density at radius 1 is 1.55 bits per heavy atom. The van der Waals surface area contributed by atoms with Crippen LogP contribution in [-0.2, 0) is 0 Å². The molecule has 0 aromatic carbocycles. The van der Waals surface area contributed by atoms with E-state index in [2.05, 4.69) is 0 Å². The van der Waals surface area contributed by atoms with Crippen molar-refractivity contribution < 1.29 is 13.9 Å². The van der Waals surface area contributed by atoms with Crippen molar-refractivity contribution in [2.24, 2.45) is 0 Å². The summed E-state index contributed by atoms with van der Waals surface area (Å²) < 4.78 is 24.9. The van der Waals surface area contributed by atoms with E-state index in [9.17, 15) is 8.78 Å². The maximum absolute atomic E-state index is 12.1. The molecule has 1 aromatic heterocycles. The average Bonchev–Trinajstić information content (AvgIpc) is 2.32. The summed E-state index contributed by atoms with van der Waals surface area (Å²) in [6, 6.07) is 2.95. The summed E-state index contributed by atoms with van der Waals surface area (Å²) in [6.07, 6.45) is 0.395. The van der Waals surface area contributed by atoms with Crippen LogP contribution in [0.15, 0.2) is 18.3 Å². The van der Waals surface area contributed by atoms with E-state index in [1.165, 1.54) is 25.3 Å². The molecule has 0 amide bonds. The van der Waals surface area contributed by atoms with Crippen LogP contribution in [0.2, 0.25) is 0 Å². The monoisotopic (exact) mass is 161 g/mol. The molecule has 1 unspecified atom stereocenters. The number of halogens is 2. The van der Waals surface area contributed by atoms with Gasteiger partial charge in [0.15, 0.2) is 0 Å². The van der Waals surface area contributed by atoms with E-state index >= 15 is 0 Å². The second-order valence-electron chi connectivity index (χ2n) is 2.29. The molecule has 0 aliphatic heterocycles. The van der Waals surface area contributed by atoms with Crippen molar-refractivity contribution in [2.75, 3.05) is 0 Å². The van der Waals surface area contributed by atoms with E-state index in [0.29, 0.717) is 0 Å². The molecule has 1 rings (SSSR count). The standard InChI is InChI=1S/C7H9F2NO/c1-5(11)6-3-2-4-10(6)7(8)9/h2-5,7,11H,1H3. The topological polar surface area (TPSA) is 25.2 Å². The molecule has 1 heterocycles. The number of hydrogen-bond acceptors (Lipinski definition) is 1. The molecule has 4 heteroatoms. The van der Waals surface area contributed by atoms with Crippen LogP contribution in [0.4, 0.5) is 8.78 Å². The Morgan fingerprint density at radius 2 is 2.18 bits per heavy atom. The van der Waals surface area contributed by atoms with Gasteiger partial charge in [-0.2, -0.15) is 8.78 Å². The first-order valence-corrected chi connectivity index (χ1v) is 3.26. The molecule has 62 valence electrons. The summed E-state index contributed by atoms with van der Waals surface area (Å²) in [5.41, 5.74) is 0.236. The van der Waals surface area contributed by atoms with Crippen LogP contribution in [0.3, 0.4) is 0 Å². The zero-order valence-electron chi connectivity index (χ0n) is 6.04. The molecular weight excluding hydrogens is 152 g/mol. The van der Waals surface area contributed by atoms with Gasteiger partial charge in [-0.25, -0.2) is 0 Å². The third-order valence-electron chi connectivity index (χ3n) is 1.45. The average molecular weight is 161 g/mol. The maximum atomic E-state index is 12.1. The first-order valence-electron chi connectivity index (χ1n) is 3.26. The molecule has 0 aliphatic rings. The minimum absolute atomic E-state index is 0.236. The smallest absolute Gasteiger partial charge is 0.318 e. The normalized spacial score (nSPS) is 13.9. The van der Waals surface area contributed by atoms with Crippen LogP contribution < -0.4 is 0 Å². The first kappa shape index (κ1) is 8.20. The first-order chi connectivity index (χ1) is 5.13. The lowest BCUT2D eigenvalue weighted by atomic mass is 10.3. The fraction of sp³-hybridized carbons (Fsp3) is 0.429. The highest BCUT2D eigenvalue weighted by Crippen LogP contribution is 2.19. The Bertz CT molecular complexity index is 210. The van der Waals surface area contributed by atoms with E-state index in [0.717, 1.165) is 4.57 Å².